The van der Waals surface area contributed by atoms with Gasteiger partial charge in [0.1, 0.15) is 16.4 Å². The second kappa shape index (κ2) is 7.62. The fraction of sp³-hybridized carbons (Fsp3) is 0.304. The van der Waals surface area contributed by atoms with E-state index in [4.69, 9.17) is 14.5 Å². The molecule has 3 aromatic rings. The Morgan fingerprint density at radius 1 is 1.03 bits per heavy atom. The zero-order chi connectivity index (χ0) is 21.6. The predicted octanol–water partition coefficient (Wildman–Crippen LogP) is 3.61. The third-order valence-corrected chi connectivity index (χ3v) is 8.07. The molecule has 0 aliphatic carbocycles. The van der Waals surface area contributed by atoms with Gasteiger partial charge in [-0.2, -0.15) is 4.31 Å². The first-order valence-corrected chi connectivity index (χ1v) is 11.6. The van der Waals surface area contributed by atoms with Gasteiger partial charge in [0.15, 0.2) is 5.82 Å². The van der Waals surface area contributed by atoms with Crippen LogP contribution >= 0.6 is 0 Å². The number of hydrogen-bond donors (Lipinski definition) is 0. The molecule has 2 aliphatic heterocycles. The third kappa shape index (κ3) is 3.26. The number of ether oxygens (including phenoxy) is 2. The zero-order valence-corrected chi connectivity index (χ0v) is 18.2. The van der Waals surface area contributed by atoms with Crippen molar-refractivity contribution in [3.8, 4) is 22.9 Å². The van der Waals surface area contributed by atoms with E-state index in [-0.39, 0.29) is 17.0 Å². The van der Waals surface area contributed by atoms with E-state index in [1.165, 1.54) is 20.3 Å². The summed E-state index contributed by atoms with van der Waals surface area (Å²) in [5.41, 5.74) is 2.78. The van der Waals surface area contributed by atoms with E-state index in [1.807, 2.05) is 30.3 Å². The van der Waals surface area contributed by atoms with Gasteiger partial charge in [0.05, 0.1) is 26.0 Å². The van der Waals surface area contributed by atoms with Crippen LogP contribution in [-0.4, -0.2) is 43.0 Å². The number of fused-ring (bicyclic) bond motifs is 4. The van der Waals surface area contributed by atoms with Gasteiger partial charge in [0.25, 0.3) is 0 Å². The number of sulfonamides is 1. The number of hydrogen-bond acceptors (Lipinski definition) is 6. The van der Waals surface area contributed by atoms with Crippen LogP contribution < -0.4 is 9.47 Å². The van der Waals surface area contributed by atoms with Gasteiger partial charge in [-0.1, -0.05) is 30.3 Å². The Morgan fingerprint density at radius 3 is 2.58 bits per heavy atom. The van der Waals surface area contributed by atoms with Gasteiger partial charge in [0, 0.05) is 35.9 Å². The Labute approximate surface area is 181 Å². The topological polar surface area (TPSA) is 81.6 Å². The van der Waals surface area contributed by atoms with Gasteiger partial charge in [-0.25, -0.2) is 18.4 Å². The minimum absolute atomic E-state index is 0.122. The van der Waals surface area contributed by atoms with Crippen molar-refractivity contribution >= 4 is 10.0 Å². The van der Waals surface area contributed by atoms with Crippen LogP contribution in [-0.2, 0) is 16.4 Å². The maximum atomic E-state index is 13.7. The molecule has 3 heterocycles. The highest BCUT2D eigenvalue weighted by atomic mass is 32.2. The van der Waals surface area contributed by atoms with Crippen molar-refractivity contribution in [2.75, 3.05) is 14.2 Å². The molecule has 1 saturated heterocycles. The molecule has 0 radical (unpaired) electrons. The maximum Gasteiger partial charge on any atom is 0.247 e. The van der Waals surface area contributed by atoms with Gasteiger partial charge in [-0.15, -0.1) is 0 Å². The van der Waals surface area contributed by atoms with Crippen molar-refractivity contribution in [2.45, 2.75) is 36.2 Å². The highest BCUT2D eigenvalue weighted by Crippen LogP contribution is 2.47. The molecule has 8 heteroatoms. The second-order valence-electron chi connectivity index (χ2n) is 7.76. The van der Waals surface area contributed by atoms with Crippen LogP contribution in [0, 0.1) is 0 Å². The van der Waals surface area contributed by atoms with E-state index in [9.17, 15) is 8.42 Å². The molecule has 2 bridgehead atoms. The fourth-order valence-corrected chi connectivity index (χ4v) is 6.65. The summed E-state index contributed by atoms with van der Waals surface area (Å²) in [4.78, 5) is 9.47. The molecular weight excluding hydrogens is 414 g/mol. The molecule has 0 amide bonds. The Balaban J connectivity index is 1.56. The lowest BCUT2D eigenvalue weighted by molar-refractivity contribution is 0.298. The molecule has 1 fully saturated rings. The molecular formula is C23H23N3O4S. The summed E-state index contributed by atoms with van der Waals surface area (Å²) >= 11 is 0. The molecule has 160 valence electrons. The maximum absolute atomic E-state index is 13.7. The van der Waals surface area contributed by atoms with Gasteiger partial charge >= 0.3 is 0 Å². The molecule has 2 aliphatic rings. The van der Waals surface area contributed by atoms with Crippen LogP contribution in [0.2, 0.25) is 0 Å². The lowest BCUT2D eigenvalue weighted by atomic mass is 10.0. The van der Waals surface area contributed by atoms with E-state index in [1.54, 1.807) is 22.6 Å². The summed E-state index contributed by atoms with van der Waals surface area (Å²) in [7, 11) is -0.819. The number of rotatable bonds is 5. The Kier molecular flexibility index (Phi) is 4.91. The lowest BCUT2D eigenvalue weighted by Crippen LogP contribution is -2.42. The number of benzene rings is 2. The summed E-state index contributed by atoms with van der Waals surface area (Å²) in [6.07, 6.45) is 3.90. The average Bonchev–Trinajstić information content (AvgIpc) is 3.15. The molecule has 0 spiro atoms. The van der Waals surface area contributed by atoms with Gasteiger partial charge < -0.3 is 9.47 Å². The van der Waals surface area contributed by atoms with E-state index in [0.717, 1.165) is 29.7 Å². The average molecular weight is 438 g/mol. The summed E-state index contributed by atoms with van der Waals surface area (Å²) < 4.78 is 39.7. The number of methoxy groups -OCH3 is 2. The monoisotopic (exact) mass is 437 g/mol. The van der Waals surface area contributed by atoms with E-state index in [2.05, 4.69) is 4.98 Å². The van der Waals surface area contributed by atoms with Crippen molar-refractivity contribution in [3.63, 3.8) is 0 Å². The molecule has 5 rings (SSSR count). The Hall–Kier alpha value is -2.97. The SMILES string of the molecule is COc1ccc(OC)c(S(=O)(=O)N2[C@H]3CC[C@@H]2c2cnc(-c4ccccc4)nc2C3)c1. The molecule has 0 unspecified atom stereocenters. The quantitative estimate of drug-likeness (QED) is 0.607. The minimum Gasteiger partial charge on any atom is -0.497 e. The molecule has 7 nitrogen and oxygen atoms in total. The Morgan fingerprint density at radius 2 is 1.84 bits per heavy atom. The van der Waals surface area contributed by atoms with Crippen LogP contribution in [0.4, 0.5) is 0 Å². The first-order chi connectivity index (χ1) is 15.0. The highest BCUT2D eigenvalue weighted by Gasteiger charge is 2.48. The molecule has 2 atom stereocenters. The first-order valence-electron chi connectivity index (χ1n) is 10.2. The van der Waals surface area contributed by atoms with Crippen molar-refractivity contribution in [1.82, 2.24) is 14.3 Å². The molecule has 0 N–H and O–H groups in total. The molecule has 2 aromatic carbocycles. The van der Waals surface area contributed by atoms with Gasteiger partial charge in [0.2, 0.25) is 10.0 Å². The molecule has 31 heavy (non-hydrogen) atoms. The van der Waals surface area contributed by atoms with E-state index < -0.39 is 10.0 Å². The highest BCUT2D eigenvalue weighted by molar-refractivity contribution is 7.89. The summed E-state index contributed by atoms with van der Waals surface area (Å²) in [5, 5.41) is 0. The van der Waals surface area contributed by atoms with E-state index >= 15 is 0 Å². The van der Waals surface area contributed by atoms with E-state index in [0.29, 0.717) is 23.7 Å². The van der Waals surface area contributed by atoms with Crippen LogP contribution in [0.5, 0.6) is 11.5 Å². The van der Waals surface area contributed by atoms with Crippen LogP contribution in [0.25, 0.3) is 11.4 Å². The summed E-state index contributed by atoms with van der Waals surface area (Å²) in [6.45, 7) is 0. The van der Waals surface area contributed by atoms with Crippen molar-refractivity contribution < 1.29 is 17.9 Å². The second-order valence-corrected chi connectivity index (χ2v) is 9.58. The molecule has 0 saturated carbocycles. The predicted molar refractivity (Wildman–Crippen MR) is 116 cm³/mol. The summed E-state index contributed by atoms with van der Waals surface area (Å²) in [5.74, 6) is 1.45. The minimum atomic E-state index is -3.81. The third-order valence-electron chi connectivity index (χ3n) is 6.09. The first kappa shape index (κ1) is 20.0. The lowest BCUT2D eigenvalue weighted by Gasteiger charge is -2.34. The molecule has 1 aromatic heterocycles. The van der Waals surface area contributed by atoms with Crippen molar-refractivity contribution in [2.24, 2.45) is 0 Å². The fourth-order valence-electron chi connectivity index (χ4n) is 4.62. The van der Waals surface area contributed by atoms with Crippen LogP contribution in [0.15, 0.2) is 59.6 Å². The van der Waals surface area contributed by atoms with Crippen LogP contribution in [0.1, 0.15) is 30.1 Å². The smallest absolute Gasteiger partial charge is 0.247 e. The van der Waals surface area contributed by atoms with Crippen molar-refractivity contribution in [3.05, 3.63) is 66.0 Å². The normalized spacial score (nSPS) is 20.3. The standard InChI is InChI=1S/C23H23N3O4S/c1-29-17-9-11-21(30-2)22(13-17)31(27,28)26-16-8-10-20(26)18-14-24-23(25-19(18)12-16)15-6-4-3-5-7-15/h3-7,9,11,13-14,16,20H,8,10,12H2,1-2H3/t16-,20+/m0/s1. The van der Waals surface area contributed by atoms with Gasteiger partial charge in [-0.05, 0) is 25.0 Å². The number of nitrogens with zero attached hydrogens (tertiary/aromatic N) is 3. The van der Waals surface area contributed by atoms with Gasteiger partial charge in [-0.3, -0.25) is 0 Å². The van der Waals surface area contributed by atoms with Crippen molar-refractivity contribution in [1.29, 1.82) is 0 Å². The van der Waals surface area contributed by atoms with Crippen LogP contribution in [0.3, 0.4) is 0 Å². The largest absolute Gasteiger partial charge is 0.497 e. The summed E-state index contributed by atoms with van der Waals surface area (Å²) in [6, 6.07) is 14.2. The number of aromatic nitrogens is 2. The Bertz CT molecular complexity index is 1230. The zero-order valence-electron chi connectivity index (χ0n) is 17.4.